The van der Waals surface area contributed by atoms with Gasteiger partial charge < -0.3 is 4.57 Å². The summed E-state index contributed by atoms with van der Waals surface area (Å²) in [7, 11) is 0. The fourth-order valence-corrected chi connectivity index (χ4v) is 2.40. The van der Waals surface area contributed by atoms with Crippen molar-refractivity contribution in [3.63, 3.8) is 0 Å². The van der Waals surface area contributed by atoms with E-state index in [0.29, 0.717) is 12.6 Å². The van der Waals surface area contributed by atoms with Crippen molar-refractivity contribution in [1.29, 1.82) is 0 Å². The smallest absolute Gasteiger partial charge is 0.161 e. The van der Waals surface area contributed by atoms with Gasteiger partial charge in [0.25, 0.3) is 0 Å². The van der Waals surface area contributed by atoms with Gasteiger partial charge >= 0.3 is 0 Å². The lowest BCUT2D eigenvalue weighted by Crippen LogP contribution is -2.18. The molecule has 2 rings (SSSR count). The second-order valence-electron chi connectivity index (χ2n) is 4.14. The van der Waals surface area contributed by atoms with Crippen LogP contribution in [-0.4, -0.2) is 14.8 Å². The number of aromatic nitrogens is 3. The van der Waals surface area contributed by atoms with E-state index in [1.54, 1.807) is 0 Å². The van der Waals surface area contributed by atoms with Crippen molar-refractivity contribution in [1.82, 2.24) is 14.8 Å². The molecular weight excluding hydrogens is 192 g/mol. The number of rotatable bonds is 3. The maximum Gasteiger partial charge on any atom is 0.161 e. The van der Waals surface area contributed by atoms with Gasteiger partial charge in [-0.1, -0.05) is 19.3 Å². The molecule has 1 aromatic rings. The summed E-state index contributed by atoms with van der Waals surface area (Å²) in [6.07, 6.45) is 6.38. The third-order valence-electron chi connectivity index (χ3n) is 3.09. The van der Waals surface area contributed by atoms with Gasteiger partial charge in [-0.2, -0.15) is 0 Å². The minimum absolute atomic E-state index is 0.345. The Labute approximate surface area is 89.6 Å². The molecule has 0 amide bonds. The van der Waals surface area contributed by atoms with Crippen molar-refractivity contribution in [2.45, 2.75) is 51.7 Å². The largest absolute Gasteiger partial charge is 0.310 e. The molecule has 0 saturated heterocycles. The zero-order valence-electron chi connectivity index (χ0n) is 9.15. The number of hydrogen-bond donors (Lipinski definition) is 1. The molecule has 0 spiro atoms. The summed E-state index contributed by atoms with van der Waals surface area (Å²) >= 11 is 0. The molecule has 1 saturated carbocycles. The summed E-state index contributed by atoms with van der Waals surface area (Å²) in [4.78, 5) is 4.65. The van der Waals surface area contributed by atoms with Crippen LogP contribution in [0.3, 0.4) is 0 Å². The predicted octanol–water partition coefficient (Wildman–Crippen LogP) is 1.48. The van der Waals surface area contributed by atoms with Gasteiger partial charge in [0.15, 0.2) is 5.82 Å². The summed E-state index contributed by atoms with van der Waals surface area (Å²) in [5.41, 5.74) is 0. The van der Waals surface area contributed by atoms with Crippen LogP contribution in [-0.2, 0) is 11.4 Å². The third-order valence-corrected chi connectivity index (χ3v) is 3.09. The third kappa shape index (κ3) is 2.18. The quantitative estimate of drug-likeness (QED) is 0.767. The van der Waals surface area contributed by atoms with Gasteiger partial charge in [0.2, 0.25) is 0 Å². The van der Waals surface area contributed by atoms with Gasteiger partial charge in [-0.3, -0.25) is 4.84 Å². The predicted molar refractivity (Wildman–Crippen MR) is 55.9 cm³/mol. The van der Waals surface area contributed by atoms with E-state index >= 15 is 0 Å². The maximum atomic E-state index is 5.09. The molecule has 0 aliphatic heterocycles. The Bertz CT molecular complexity index is 317. The number of nitrogens with zero attached hydrogens (tertiary/aromatic N) is 3. The molecular formula is C10H18N4O. The van der Waals surface area contributed by atoms with Crippen molar-refractivity contribution in [3.8, 4) is 0 Å². The Balaban J connectivity index is 2.19. The molecule has 0 aromatic carbocycles. The normalized spacial score (nSPS) is 18.3. The van der Waals surface area contributed by atoms with E-state index in [-0.39, 0.29) is 0 Å². The van der Waals surface area contributed by atoms with Crippen LogP contribution in [0.1, 0.15) is 49.8 Å². The highest BCUT2D eigenvalue weighted by Crippen LogP contribution is 2.29. The molecule has 0 bridgehead atoms. The van der Waals surface area contributed by atoms with Crippen molar-refractivity contribution in [2.24, 2.45) is 5.90 Å². The Morgan fingerprint density at radius 1 is 1.33 bits per heavy atom. The second kappa shape index (κ2) is 4.72. The van der Waals surface area contributed by atoms with Crippen LogP contribution in [0, 0.1) is 6.92 Å². The zero-order chi connectivity index (χ0) is 10.7. The first-order valence-electron chi connectivity index (χ1n) is 5.55. The lowest BCUT2D eigenvalue weighted by atomic mass is 9.95. The monoisotopic (exact) mass is 210 g/mol. The standard InChI is InChI=1S/C10H18N4O/c1-8-12-13-10(7-15-11)14(8)9-5-3-2-4-6-9/h9H,2-7,11H2,1H3. The van der Waals surface area contributed by atoms with Gasteiger partial charge in [-0.25, -0.2) is 5.90 Å². The van der Waals surface area contributed by atoms with Crippen LogP contribution in [0.25, 0.3) is 0 Å². The lowest BCUT2D eigenvalue weighted by molar-refractivity contribution is 0.113. The number of nitrogens with two attached hydrogens (primary N) is 1. The number of aryl methyl sites for hydroxylation is 1. The molecule has 5 heteroatoms. The maximum absolute atomic E-state index is 5.09. The fourth-order valence-electron chi connectivity index (χ4n) is 2.40. The molecule has 2 N–H and O–H groups in total. The van der Waals surface area contributed by atoms with Crippen LogP contribution >= 0.6 is 0 Å². The van der Waals surface area contributed by atoms with Gasteiger partial charge in [0, 0.05) is 6.04 Å². The SMILES string of the molecule is Cc1nnc(CON)n1C1CCCCC1. The van der Waals surface area contributed by atoms with Crippen molar-refractivity contribution in [3.05, 3.63) is 11.6 Å². The molecule has 15 heavy (non-hydrogen) atoms. The molecule has 1 heterocycles. The molecule has 0 atom stereocenters. The molecule has 0 unspecified atom stereocenters. The molecule has 0 radical (unpaired) electrons. The van der Waals surface area contributed by atoms with E-state index in [2.05, 4.69) is 19.6 Å². The summed E-state index contributed by atoms with van der Waals surface area (Å²) in [6, 6.07) is 0.541. The lowest BCUT2D eigenvalue weighted by Gasteiger charge is -2.25. The Morgan fingerprint density at radius 3 is 2.73 bits per heavy atom. The summed E-state index contributed by atoms with van der Waals surface area (Å²) in [6.45, 7) is 2.33. The van der Waals surface area contributed by atoms with Crippen molar-refractivity contribution < 1.29 is 4.84 Å². The van der Waals surface area contributed by atoms with Gasteiger partial charge in [-0.15, -0.1) is 10.2 Å². The summed E-state index contributed by atoms with van der Waals surface area (Å²) < 4.78 is 2.19. The average Bonchev–Trinajstić information content (AvgIpc) is 2.62. The Morgan fingerprint density at radius 2 is 2.07 bits per heavy atom. The average molecular weight is 210 g/mol. The van der Waals surface area contributed by atoms with Crippen LogP contribution in [0.5, 0.6) is 0 Å². The molecule has 84 valence electrons. The van der Waals surface area contributed by atoms with Crippen LogP contribution in [0.4, 0.5) is 0 Å². The van der Waals surface area contributed by atoms with Crippen LogP contribution in [0.2, 0.25) is 0 Å². The highest BCUT2D eigenvalue weighted by Gasteiger charge is 2.20. The van der Waals surface area contributed by atoms with E-state index < -0.39 is 0 Å². The van der Waals surface area contributed by atoms with Gasteiger partial charge in [0.05, 0.1) is 0 Å². The van der Waals surface area contributed by atoms with Gasteiger partial charge in [-0.05, 0) is 19.8 Å². The van der Waals surface area contributed by atoms with E-state index in [0.717, 1.165) is 11.6 Å². The van der Waals surface area contributed by atoms with Crippen LogP contribution < -0.4 is 5.90 Å². The van der Waals surface area contributed by atoms with E-state index in [4.69, 9.17) is 5.90 Å². The van der Waals surface area contributed by atoms with Crippen molar-refractivity contribution in [2.75, 3.05) is 0 Å². The first kappa shape index (κ1) is 10.6. The van der Waals surface area contributed by atoms with E-state index in [1.807, 2.05) is 6.92 Å². The fraction of sp³-hybridized carbons (Fsp3) is 0.800. The Kier molecular flexibility index (Phi) is 3.33. The second-order valence-corrected chi connectivity index (χ2v) is 4.14. The first-order chi connectivity index (χ1) is 7.33. The van der Waals surface area contributed by atoms with Crippen molar-refractivity contribution >= 4 is 0 Å². The summed E-state index contributed by atoms with van der Waals surface area (Å²) in [5, 5.41) is 8.18. The summed E-state index contributed by atoms with van der Waals surface area (Å²) in [5.74, 6) is 6.90. The Hall–Kier alpha value is -0.940. The van der Waals surface area contributed by atoms with E-state index in [1.165, 1.54) is 32.1 Å². The first-order valence-corrected chi connectivity index (χ1v) is 5.55. The topological polar surface area (TPSA) is 66.0 Å². The van der Waals surface area contributed by atoms with Gasteiger partial charge in [0.1, 0.15) is 12.4 Å². The van der Waals surface area contributed by atoms with Crippen LogP contribution in [0.15, 0.2) is 0 Å². The molecule has 1 fully saturated rings. The highest BCUT2D eigenvalue weighted by molar-refractivity contribution is 4.96. The molecule has 1 aliphatic carbocycles. The molecule has 1 aliphatic rings. The zero-order valence-corrected chi connectivity index (χ0v) is 9.15. The minimum atomic E-state index is 0.345. The minimum Gasteiger partial charge on any atom is -0.310 e. The molecule has 1 aromatic heterocycles. The number of hydrogen-bond acceptors (Lipinski definition) is 4. The molecule has 5 nitrogen and oxygen atoms in total. The highest BCUT2D eigenvalue weighted by atomic mass is 16.6. The van der Waals surface area contributed by atoms with E-state index in [9.17, 15) is 0 Å².